The van der Waals surface area contributed by atoms with E-state index in [9.17, 15) is 9.18 Å². The summed E-state index contributed by atoms with van der Waals surface area (Å²) >= 11 is 0. The highest BCUT2D eigenvalue weighted by Gasteiger charge is 2.04. The Kier molecular flexibility index (Phi) is 5.61. The standard InChI is InChI=1S/C12H14FN3O2/c13-10-4-9(7-15)5-11(6-10)18-8-12(17)16-3-1-2-14/h4-6H,1,3,7-8,15H2,(H,16,17). The van der Waals surface area contributed by atoms with Gasteiger partial charge in [-0.2, -0.15) is 5.26 Å². The van der Waals surface area contributed by atoms with Crippen molar-refractivity contribution in [2.45, 2.75) is 13.0 Å². The Morgan fingerprint density at radius 1 is 1.50 bits per heavy atom. The lowest BCUT2D eigenvalue weighted by molar-refractivity contribution is -0.123. The number of rotatable bonds is 6. The Balaban J connectivity index is 2.45. The third kappa shape index (κ3) is 4.80. The molecule has 6 heteroatoms. The van der Waals surface area contributed by atoms with Crippen LogP contribution in [0.2, 0.25) is 0 Å². The van der Waals surface area contributed by atoms with Crippen LogP contribution in [0.5, 0.6) is 5.75 Å². The van der Waals surface area contributed by atoms with Gasteiger partial charge in [0.1, 0.15) is 11.6 Å². The molecule has 0 aliphatic rings. The summed E-state index contributed by atoms with van der Waals surface area (Å²) in [5.74, 6) is -0.562. The monoisotopic (exact) mass is 251 g/mol. The highest BCUT2D eigenvalue weighted by Crippen LogP contribution is 2.15. The first-order valence-corrected chi connectivity index (χ1v) is 5.41. The van der Waals surface area contributed by atoms with Crippen LogP contribution in [0.4, 0.5) is 4.39 Å². The third-order valence-electron chi connectivity index (χ3n) is 2.10. The molecule has 5 nitrogen and oxygen atoms in total. The Morgan fingerprint density at radius 3 is 2.94 bits per heavy atom. The molecule has 0 atom stereocenters. The molecule has 1 aromatic carbocycles. The molecule has 0 heterocycles. The fourth-order valence-electron chi connectivity index (χ4n) is 1.28. The SMILES string of the molecule is N#CCCNC(=O)COc1cc(F)cc(CN)c1. The minimum absolute atomic E-state index is 0.197. The highest BCUT2D eigenvalue weighted by atomic mass is 19.1. The van der Waals surface area contributed by atoms with Gasteiger partial charge >= 0.3 is 0 Å². The molecule has 96 valence electrons. The van der Waals surface area contributed by atoms with Crippen LogP contribution in [0, 0.1) is 17.1 Å². The number of carbonyl (C=O) groups is 1. The third-order valence-corrected chi connectivity index (χ3v) is 2.10. The second-order valence-electron chi connectivity index (χ2n) is 3.55. The van der Waals surface area contributed by atoms with Crippen molar-refractivity contribution < 1.29 is 13.9 Å². The second kappa shape index (κ2) is 7.25. The lowest BCUT2D eigenvalue weighted by atomic mass is 10.2. The zero-order valence-corrected chi connectivity index (χ0v) is 9.78. The Bertz CT molecular complexity index is 457. The van der Waals surface area contributed by atoms with Crippen LogP contribution in [-0.2, 0) is 11.3 Å². The maximum Gasteiger partial charge on any atom is 0.257 e. The van der Waals surface area contributed by atoms with Gasteiger partial charge in [-0.25, -0.2) is 4.39 Å². The number of hydrogen-bond acceptors (Lipinski definition) is 4. The van der Waals surface area contributed by atoms with E-state index >= 15 is 0 Å². The molecule has 1 aromatic rings. The summed E-state index contributed by atoms with van der Waals surface area (Å²) in [4.78, 5) is 11.3. The van der Waals surface area contributed by atoms with Crippen molar-refractivity contribution in [1.29, 1.82) is 5.26 Å². The maximum atomic E-state index is 13.1. The summed E-state index contributed by atoms with van der Waals surface area (Å²) in [6.45, 7) is 0.247. The summed E-state index contributed by atoms with van der Waals surface area (Å²) in [5, 5.41) is 10.8. The Morgan fingerprint density at radius 2 is 2.28 bits per heavy atom. The topological polar surface area (TPSA) is 88.1 Å². The van der Waals surface area contributed by atoms with Crippen LogP contribution in [0.15, 0.2) is 18.2 Å². The number of hydrogen-bond donors (Lipinski definition) is 2. The molecular formula is C12H14FN3O2. The van der Waals surface area contributed by atoms with Crippen LogP contribution < -0.4 is 15.8 Å². The zero-order valence-electron chi connectivity index (χ0n) is 9.78. The van der Waals surface area contributed by atoms with Crippen molar-refractivity contribution in [3.8, 4) is 11.8 Å². The van der Waals surface area contributed by atoms with Crippen molar-refractivity contribution in [2.75, 3.05) is 13.2 Å². The largest absolute Gasteiger partial charge is 0.484 e. The number of nitriles is 1. The summed E-state index contributed by atoms with van der Waals surface area (Å²) in [6.07, 6.45) is 0.239. The van der Waals surface area contributed by atoms with Gasteiger partial charge in [-0.1, -0.05) is 0 Å². The van der Waals surface area contributed by atoms with Crippen molar-refractivity contribution in [3.63, 3.8) is 0 Å². The summed E-state index contributed by atoms with van der Waals surface area (Å²) in [5.41, 5.74) is 5.98. The van der Waals surface area contributed by atoms with Gasteiger partial charge in [-0.15, -0.1) is 0 Å². The molecule has 0 aromatic heterocycles. The smallest absolute Gasteiger partial charge is 0.257 e. The Hall–Kier alpha value is -2.13. The van der Waals surface area contributed by atoms with Crippen LogP contribution >= 0.6 is 0 Å². The fourth-order valence-corrected chi connectivity index (χ4v) is 1.28. The number of benzene rings is 1. The lowest BCUT2D eigenvalue weighted by Gasteiger charge is -2.08. The summed E-state index contributed by atoms with van der Waals surface area (Å²) in [6, 6.07) is 5.96. The molecule has 1 rings (SSSR count). The van der Waals surface area contributed by atoms with Crippen molar-refractivity contribution >= 4 is 5.91 Å². The number of nitrogens with zero attached hydrogens (tertiary/aromatic N) is 1. The maximum absolute atomic E-state index is 13.1. The summed E-state index contributed by atoms with van der Waals surface area (Å²) in [7, 11) is 0. The number of nitrogens with one attached hydrogen (secondary N) is 1. The molecule has 0 bridgehead atoms. The van der Waals surface area contributed by atoms with E-state index in [4.69, 9.17) is 15.7 Å². The normalized spacial score (nSPS) is 9.61. The first-order chi connectivity index (χ1) is 8.65. The average molecular weight is 251 g/mol. The molecule has 0 aliphatic heterocycles. The van der Waals surface area contributed by atoms with Gasteiger partial charge in [0.25, 0.3) is 5.91 Å². The molecule has 3 N–H and O–H groups in total. The minimum atomic E-state index is -0.460. The highest BCUT2D eigenvalue weighted by molar-refractivity contribution is 5.77. The number of carbonyl (C=O) groups excluding carboxylic acids is 1. The van der Waals surface area contributed by atoms with Crippen molar-refractivity contribution in [3.05, 3.63) is 29.6 Å². The van der Waals surface area contributed by atoms with E-state index in [1.807, 2.05) is 6.07 Å². The van der Waals surface area contributed by atoms with E-state index in [1.54, 1.807) is 6.07 Å². The quantitative estimate of drug-likeness (QED) is 0.728. The second-order valence-corrected chi connectivity index (χ2v) is 3.55. The molecule has 0 radical (unpaired) electrons. The van der Waals surface area contributed by atoms with E-state index in [-0.39, 0.29) is 37.8 Å². The van der Waals surface area contributed by atoms with Gasteiger partial charge < -0.3 is 15.8 Å². The van der Waals surface area contributed by atoms with Crippen molar-refractivity contribution in [2.24, 2.45) is 5.73 Å². The van der Waals surface area contributed by atoms with E-state index < -0.39 is 5.82 Å². The molecule has 0 fully saturated rings. The number of halogens is 1. The van der Waals surface area contributed by atoms with E-state index in [0.29, 0.717) is 5.56 Å². The lowest BCUT2D eigenvalue weighted by Crippen LogP contribution is -2.29. The van der Waals surface area contributed by atoms with Crippen LogP contribution in [0.3, 0.4) is 0 Å². The predicted molar refractivity (Wildman–Crippen MR) is 63.0 cm³/mol. The fraction of sp³-hybridized carbons (Fsp3) is 0.333. The van der Waals surface area contributed by atoms with Gasteiger partial charge in [0.05, 0.1) is 12.5 Å². The van der Waals surface area contributed by atoms with Gasteiger partial charge in [0, 0.05) is 19.2 Å². The van der Waals surface area contributed by atoms with Crippen molar-refractivity contribution in [1.82, 2.24) is 5.32 Å². The minimum Gasteiger partial charge on any atom is -0.484 e. The number of ether oxygens (including phenoxy) is 1. The van der Waals surface area contributed by atoms with E-state index in [0.717, 1.165) is 0 Å². The average Bonchev–Trinajstić information content (AvgIpc) is 2.36. The molecule has 0 saturated heterocycles. The first-order valence-electron chi connectivity index (χ1n) is 5.41. The van der Waals surface area contributed by atoms with Crippen LogP contribution in [-0.4, -0.2) is 19.1 Å². The molecule has 0 saturated carbocycles. The number of amides is 1. The number of nitrogens with two attached hydrogens (primary N) is 1. The van der Waals surface area contributed by atoms with E-state index in [2.05, 4.69) is 5.32 Å². The van der Waals surface area contributed by atoms with Crippen LogP contribution in [0.25, 0.3) is 0 Å². The molecular weight excluding hydrogens is 237 g/mol. The van der Waals surface area contributed by atoms with Crippen LogP contribution in [0.1, 0.15) is 12.0 Å². The first kappa shape index (κ1) is 13.9. The predicted octanol–water partition coefficient (Wildman–Crippen LogP) is 0.693. The summed E-state index contributed by atoms with van der Waals surface area (Å²) < 4.78 is 18.2. The molecule has 1 amide bonds. The van der Waals surface area contributed by atoms with Gasteiger partial charge in [-0.3, -0.25) is 4.79 Å². The Labute approximate surface area is 104 Å². The van der Waals surface area contributed by atoms with Gasteiger partial charge in [0.15, 0.2) is 6.61 Å². The van der Waals surface area contributed by atoms with Gasteiger partial charge in [0.2, 0.25) is 0 Å². The molecule has 0 aliphatic carbocycles. The zero-order chi connectivity index (χ0) is 13.4. The molecule has 0 spiro atoms. The molecule has 0 unspecified atom stereocenters. The molecule has 18 heavy (non-hydrogen) atoms. The van der Waals surface area contributed by atoms with Gasteiger partial charge in [-0.05, 0) is 17.7 Å². The van der Waals surface area contributed by atoms with E-state index in [1.165, 1.54) is 12.1 Å².